The molecule has 0 heterocycles. The second kappa shape index (κ2) is 9.59. The molecule has 5 nitrogen and oxygen atoms in total. The first kappa shape index (κ1) is 24.5. The number of carbonyl (C=O) groups is 1. The van der Waals surface area contributed by atoms with Crippen LogP contribution in [0.2, 0.25) is 0 Å². The zero-order valence-corrected chi connectivity index (χ0v) is 19.2. The van der Waals surface area contributed by atoms with Gasteiger partial charge in [-0.2, -0.15) is 0 Å². The predicted molar refractivity (Wildman–Crippen MR) is 117 cm³/mol. The van der Waals surface area contributed by atoms with Gasteiger partial charge in [0.2, 0.25) is 8.03 Å². The molecule has 1 aliphatic carbocycles. The first-order valence-electron chi connectivity index (χ1n) is 10.1. The van der Waals surface area contributed by atoms with E-state index in [1.807, 2.05) is 6.08 Å². The number of benzene rings is 1. The summed E-state index contributed by atoms with van der Waals surface area (Å²) in [5.41, 5.74) is 1.09. The Morgan fingerprint density at radius 3 is 2.37 bits per heavy atom. The number of aliphatic hydroxyl groups is 1. The summed E-state index contributed by atoms with van der Waals surface area (Å²) in [6.45, 7) is 9.92. The molecule has 2 N–H and O–H groups in total. The molecule has 166 valence electrons. The van der Waals surface area contributed by atoms with E-state index in [1.165, 1.54) is 19.1 Å². The molecule has 0 aromatic heterocycles. The quantitative estimate of drug-likeness (QED) is 0.538. The number of aliphatic hydroxyl groups excluding tert-OH is 1. The van der Waals surface area contributed by atoms with Gasteiger partial charge in [0.25, 0.3) is 0 Å². The summed E-state index contributed by atoms with van der Waals surface area (Å²) in [5.74, 6) is -1.69. The maximum atomic E-state index is 13.3. The maximum absolute atomic E-state index is 13.3. The van der Waals surface area contributed by atoms with E-state index < -0.39 is 25.8 Å². The largest absolute Gasteiger partial charge is 0.481 e. The zero-order chi connectivity index (χ0) is 22.7. The highest BCUT2D eigenvalue weighted by molar-refractivity contribution is 7.41. The first-order valence-corrected chi connectivity index (χ1v) is 11.5. The second-order valence-corrected chi connectivity index (χ2v) is 11.0. The normalized spacial score (nSPS) is 21.4. The van der Waals surface area contributed by atoms with Crippen LogP contribution in [0.1, 0.15) is 53.0 Å². The molecule has 0 radical (unpaired) electrons. The Labute approximate surface area is 178 Å². The van der Waals surface area contributed by atoms with Gasteiger partial charge in [0.1, 0.15) is 5.82 Å². The van der Waals surface area contributed by atoms with Gasteiger partial charge in [-0.1, -0.05) is 45.9 Å². The van der Waals surface area contributed by atoms with Crippen LogP contribution in [0.25, 0.3) is 6.08 Å². The number of halogens is 1. The van der Waals surface area contributed by atoms with Gasteiger partial charge in [-0.05, 0) is 65.5 Å². The van der Waals surface area contributed by atoms with E-state index >= 15 is 0 Å². The molecule has 0 spiro atoms. The van der Waals surface area contributed by atoms with E-state index in [1.54, 1.807) is 12.1 Å². The summed E-state index contributed by atoms with van der Waals surface area (Å²) in [5, 5.41) is 18.9. The van der Waals surface area contributed by atoms with E-state index in [9.17, 15) is 24.0 Å². The topological polar surface area (TPSA) is 83.8 Å². The van der Waals surface area contributed by atoms with Crippen molar-refractivity contribution in [3.05, 3.63) is 52.9 Å². The number of carboxylic acid groups (broad SMARTS) is 1. The molecule has 0 fully saturated rings. The summed E-state index contributed by atoms with van der Waals surface area (Å²) < 4.78 is 31.3. The molecule has 0 saturated heterocycles. The third-order valence-corrected chi connectivity index (χ3v) is 7.10. The van der Waals surface area contributed by atoms with Gasteiger partial charge in [-0.25, -0.2) is 4.39 Å². The third-order valence-electron chi connectivity index (χ3n) is 5.44. The lowest BCUT2D eigenvalue weighted by molar-refractivity contribution is -0.138. The molecule has 7 heteroatoms. The van der Waals surface area contributed by atoms with Crippen molar-refractivity contribution in [2.24, 2.45) is 10.8 Å². The molecule has 1 aliphatic rings. The molecule has 30 heavy (non-hydrogen) atoms. The van der Waals surface area contributed by atoms with E-state index in [4.69, 9.17) is 4.52 Å². The summed E-state index contributed by atoms with van der Waals surface area (Å²) in [6.07, 6.45) is 4.53. The Morgan fingerprint density at radius 2 is 1.87 bits per heavy atom. The van der Waals surface area contributed by atoms with E-state index in [2.05, 4.69) is 33.8 Å². The zero-order valence-electron chi connectivity index (χ0n) is 18.2. The highest BCUT2D eigenvalue weighted by Gasteiger charge is 2.37. The van der Waals surface area contributed by atoms with Crippen LogP contribution in [0.5, 0.6) is 0 Å². The molecule has 1 aromatic carbocycles. The van der Waals surface area contributed by atoms with Gasteiger partial charge in [0, 0.05) is 0 Å². The second-order valence-electron chi connectivity index (χ2n) is 9.43. The Morgan fingerprint density at radius 1 is 1.27 bits per heavy atom. The van der Waals surface area contributed by atoms with Gasteiger partial charge in [0.05, 0.1) is 12.7 Å². The Kier molecular flexibility index (Phi) is 7.84. The summed E-state index contributed by atoms with van der Waals surface area (Å²) in [7, 11) is -3.04. The van der Waals surface area contributed by atoms with Crippen molar-refractivity contribution in [1.82, 2.24) is 0 Å². The van der Waals surface area contributed by atoms with Crippen molar-refractivity contribution in [1.29, 1.82) is 0 Å². The van der Waals surface area contributed by atoms with Crippen molar-refractivity contribution in [2.45, 2.75) is 59.2 Å². The fourth-order valence-corrected chi connectivity index (χ4v) is 5.36. The van der Waals surface area contributed by atoms with Gasteiger partial charge in [-0.15, -0.1) is 0 Å². The average Bonchev–Trinajstić information content (AvgIpc) is 2.58. The fourth-order valence-electron chi connectivity index (χ4n) is 4.28. The van der Waals surface area contributed by atoms with Crippen molar-refractivity contribution >= 4 is 20.1 Å². The standard InChI is InChI=1S/C23H32FO5P/c1-15(25)20(21(26)27)30(28)29-13-17(12-16-6-8-18(24)9-7-16)19-10-11-22(2,3)14-23(19,4)5/h6-10,12,15,20,25,30H,11,13-14H2,1-5H3,(H,26,27). The Bertz CT molecular complexity index is 853. The lowest BCUT2D eigenvalue weighted by Crippen LogP contribution is -2.31. The number of carboxylic acids is 1. The van der Waals surface area contributed by atoms with Crippen molar-refractivity contribution < 1.29 is 28.5 Å². The molecule has 0 aliphatic heterocycles. The summed E-state index contributed by atoms with van der Waals surface area (Å²) >= 11 is 0. The minimum absolute atomic E-state index is 0.0542. The van der Waals surface area contributed by atoms with Crippen LogP contribution in [-0.2, 0) is 13.9 Å². The molecule has 2 rings (SSSR count). The molecule has 0 bridgehead atoms. The van der Waals surface area contributed by atoms with Gasteiger partial charge >= 0.3 is 5.97 Å². The number of allylic oxidation sites excluding steroid dienone is 1. The first-order chi connectivity index (χ1) is 13.8. The lowest BCUT2D eigenvalue weighted by atomic mass is 9.63. The molecule has 3 atom stereocenters. The minimum atomic E-state index is -3.04. The molecular weight excluding hydrogens is 406 g/mol. The number of aliphatic carboxylic acids is 1. The number of rotatable bonds is 8. The van der Waals surface area contributed by atoms with Crippen molar-refractivity contribution in [2.75, 3.05) is 6.61 Å². The van der Waals surface area contributed by atoms with Crippen molar-refractivity contribution in [3.8, 4) is 0 Å². The fraction of sp³-hybridized carbons (Fsp3) is 0.522. The smallest absolute Gasteiger partial charge is 0.318 e. The van der Waals surface area contributed by atoms with E-state index in [-0.39, 0.29) is 23.3 Å². The van der Waals surface area contributed by atoms with Gasteiger partial charge < -0.3 is 14.7 Å². The Balaban J connectivity index is 2.38. The number of hydrogen-bond donors (Lipinski definition) is 2. The average molecular weight is 438 g/mol. The van der Waals surface area contributed by atoms with Crippen LogP contribution in [0.15, 0.2) is 41.5 Å². The molecular formula is C23H32FO5P. The number of hydrogen-bond acceptors (Lipinski definition) is 4. The van der Waals surface area contributed by atoms with Crippen LogP contribution in [0, 0.1) is 16.6 Å². The lowest BCUT2D eigenvalue weighted by Gasteiger charge is -2.42. The molecule has 1 aromatic rings. The van der Waals surface area contributed by atoms with Crippen LogP contribution in [0.4, 0.5) is 4.39 Å². The van der Waals surface area contributed by atoms with Crippen LogP contribution in [0.3, 0.4) is 0 Å². The van der Waals surface area contributed by atoms with E-state index in [0.717, 1.165) is 29.6 Å². The highest BCUT2D eigenvalue weighted by atomic mass is 31.1. The Hall–Kier alpha value is -1.75. The summed E-state index contributed by atoms with van der Waals surface area (Å²) in [6, 6.07) is 6.03. The molecule has 0 amide bonds. The molecule has 0 saturated carbocycles. The van der Waals surface area contributed by atoms with Crippen LogP contribution >= 0.6 is 8.03 Å². The molecule has 3 unspecified atom stereocenters. The minimum Gasteiger partial charge on any atom is -0.481 e. The van der Waals surface area contributed by atoms with Crippen LogP contribution in [-0.4, -0.2) is 34.6 Å². The SMILES string of the molecule is CC(O)C(C(=O)O)[PH](=O)OCC(=Cc1ccc(F)cc1)C1=CCC(C)(C)CC1(C)C. The van der Waals surface area contributed by atoms with Gasteiger partial charge in [0.15, 0.2) is 5.66 Å². The summed E-state index contributed by atoms with van der Waals surface area (Å²) in [4.78, 5) is 11.4. The maximum Gasteiger partial charge on any atom is 0.318 e. The van der Waals surface area contributed by atoms with Gasteiger partial charge in [-0.3, -0.25) is 9.36 Å². The predicted octanol–water partition coefficient (Wildman–Crippen LogP) is 5.31. The monoisotopic (exact) mass is 438 g/mol. The van der Waals surface area contributed by atoms with Crippen LogP contribution < -0.4 is 0 Å². The highest BCUT2D eigenvalue weighted by Crippen LogP contribution is 2.49. The third kappa shape index (κ3) is 6.37. The van der Waals surface area contributed by atoms with Crippen molar-refractivity contribution in [3.63, 3.8) is 0 Å². The van der Waals surface area contributed by atoms with E-state index in [0.29, 0.717) is 0 Å².